The van der Waals surface area contributed by atoms with Crippen molar-refractivity contribution in [3.8, 4) is 5.75 Å². The van der Waals surface area contributed by atoms with E-state index in [-0.39, 0.29) is 11.5 Å². The average molecular weight is 287 g/mol. The molecule has 0 unspecified atom stereocenters. The second kappa shape index (κ2) is 6.00. The third-order valence-electron chi connectivity index (χ3n) is 2.73. The molecular formula is C14H13N3O4. The first kappa shape index (κ1) is 14.4. The van der Waals surface area contributed by atoms with Crippen molar-refractivity contribution in [2.75, 3.05) is 12.4 Å². The number of amides is 1. The van der Waals surface area contributed by atoms with Crippen molar-refractivity contribution in [3.63, 3.8) is 0 Å². The van der Waals surface area contributed by atoms with Gasteiger partial charge in [-0.3, -0.25) is 4.79 Å². The number of anilines is 1. The fraction of sp³-hybridized carbons (Fsp3) is 0.143. The lowest BCUT2D eigenvalue weighted by Gasteiger charge is -2.10. The molecule has 0 atom stereocenters. The Kier molecular flexibility index (Phi) is 4.13. The molecule has 1 aromatic heterocycles. The smallest absolute Gasteiger partial charge is 0.358 e. The number of ether oxygens (including phenoxy) is 1. The van der Waals surface area contributed by atoms with E-state index in [2.05, 4.69) is 15.3 Å². The van der Waals surface area contributed by atoms with Crippen LogP contribution in [0.25, 0.3) is 0 Å². The van der Waals surface area contributed by atoms with Crippen molar-refractivity contribution < 1.29 is 19.4 Å². The fourth-order valence-electron chi connectivity index (χ4n) is 1.76. The van der Waals surface area contributed by atoms with Crippen molar-refractivity contribution in [3.05, 3.63) is 47.4 Å². The van der Waals surface area contributed by atoms with E-state index < -0.39 is 11.9 Å². The number of nitrogens with zero attached hydrogens (tertiary/aromatic N) is 2. The Labute approximate surface area is 120 Å². The van der Waals surface area contributed by atoms with E-state index in [0.29, 0.717) is 11.3 Å². The number of benzene rings is 1. The molecule has 2 rings (SSSR count). The first-order chi connectivity index (χ1) is 10.0. The molecule has 0 saturated heterocycles. The Morgan fingerprint density at radius 1 is 1.24 bits per heavy atom. The summed E-state index contributed by atoms with van der Waals surface area (Å²) in [6, 6.07) is 5.12. The van der Waals surface area contributed by atoms with E-state index in [1.54, 1.807) is 18.2 Å². The number of aromatic nitrogens is 2. The van der Waals surface area contributed by atoms with Gasteiger partial charge < -0.3 is 15.2 Å². The molecule has 2 aromatic rings. The molecular weight excluding hydrogens is 274 g/mol. The number of methoxy groups -OCH3 is 1. The van der Waals surface area contributed by atoms with Gasteiger partial charge in [0, 0.05) is 12.4 Å². The number of carbonyl (C=O) groups excluding carboxylic acids is 1. The molecule has 1 amide bonds. The lowest BCUT2D eigenvalue weighted by Crippen LogP contribution is -2.17. The molecule has 21 heavy (non-hydrogen) atoms. The van der Waals surface area contributed by atoms with Gasteiger partial charge in [-0.15, -0.1) is 0 Å². The van der Waals surface area contributed by atoms with Gasteiger partial charge in [0.25, 0.3) is 5.91 Å². The van der Waals surface area contributed by atoms with Crippen LogP contribution < -0.4 is 10.1 Å². The van der Waals surface area contributed by atoms with E-state index in [4.69, 9.17) is 9.84 Å². The van der Waals surface area contributed by atoms with Crippen LogP contribution in [0.15, 0.2) is 30.6 Å². The Balaban J connectivity index is 2.35. The van der Waals surface area contributed by atoms with Crippen LogP contribution in [0.1, 0.15) is 26.4 Å². The molecule has 0 spiro atoms. The number of hydrogen-bond acceptors (Lipinski definition) is 5. The molecule has 108 valence electrons. The van der Waals surface area contributed by atoms with Gasteiger partial charge in [0.15, 0.2) is 11.5 Å². The Bertz CT molecular complexity index is 700. The van der Waals surface area contributed by atoms with Gasteiger partial charge in [-0.25, -0.2) is 14.8 Å². The second-order valence-electron chi connectivity index (χ2n) is 4.22. The molecule has 0 aliphatic heterocycles. The molecule has 1 heterocycles. The zero-order valence-electron chi connectivity index (χ0n) is 11.5. The molecule has 7 heteroatoms. The monoisotopic (exact) mass is 287 g/mol. The predicted octanol–water partition coefficient (Wildman–Crippen LogP) is 1.74. The Hall–Kier alpha value is -2.96. The number of rotatable bonds is 4. The SMILES string of the molecule is COc1ccc(C)cc1C(=O)Nc1nccnc1C(=O)O. The van der Waals surface area contributed by atoms with Gasteiger partial charge in [0.2, 0.25) is 0 Å². The van der Waals surface area contributed by atoms with Crippen LogP contribution in [0.5, 0.6) is 5.75 Å². The van der Waals surface area contributed by atoms with E-state index in [1.165, 1.54) is 19.5 Å². The van der Waals surface area contributed by atoms with Gasteiger partial charge in [-0.1, -0.05) is 11.6 Å². The summed E-state index contributed by atoms with van der Waals surface area (Å²) in [5, 5.41) is 11.5. The van der Waals surface area contributed by atoms with Gasteiger partial charge in [0.1, 0.15) is 5.75 Å². The average Bonchev–Trinajstić information content (AvgIpc) is 2.47. The topological polar surface area (TPSA) is 101 Å². The van der Waals surface area contributed by atoms with Crippen LogP contribution in [0, 0.1) is 6.92 Å². The predicted molar refractivity (Wildman–Crippen MR) is 74.7 cm³/mol. The summed E-state index contributed by atoms with van der Waals surface area (Å²) in [6.45, 7) is 1.83. The van der Waals surface area contributed by atoms with Gasteiger partial charge in [0.05, 0.1) is 12.7 Å². The number of carboxylic acid groups (broad SMARTS) is 1. The van der Waals surface area contributed by atoms with Gasteiger partial charge >= 0.3 is 5.97 Å². The van der Waals surface area contributed by atoms with Crippen LogP contribution in [0.2, 0.25) is 0 Å². The molecule has 0 saturated carbocycles. The molecule has 7 nitrogen and oxygen atoms in total. The van der Waals surface area contributed by atoms with Gasteiger partial charge in [-0.2, -0.15) is 0 Å². The van der Waals surface area contributed by atoms with Crippen molar-refractivity contribution >= 4 is 17.7 Å². The maximum atomic E-state index is 12.3. The molecule has 2 N–H and O–H groups in total. The van der Waals surface area contributed by atoms with Crippen molar-refractivity contribution in [2.45, 2.75) is 6.92 Å². The minimum Gasteiger partial charge on any atom is -0.496 e. The first-order valence-corrected chi connectivity index (χ1v) is 6.03. The quantitative estimate of drug-likeness (QED) is 0.888. The Morgan fingerprint density at radius 2 is 1.95 bits per heavy atom. The summed E-state index contributed by atoms with van der Waals surface area (Å²) in [5.41, 5.74) is 0.843. The summed E-state index contributed by atoms with van der Waals surface area (Å²) in [7, 11) is 1.45. The number of aromatic carboxylic acids is 1. The van der Waals surface area contributed by atoms with Crippen molar-refractivity contribution in [2.24, 2.45) is 0 Å². The highest BCUT2D eigenvalue weighted by Crippen LogP contribution is 2.21. The largest absolute Gasteiger partial charge is 0.496 e. The highest BCUT2D eigenvalue weighted by atomic mass is 16.5. The zero-order chi connectivity index (χ0) is 15.4. The van der Waals surface area contributed by atoms with E-state index in [1.807, 2.05) is 6.92 Å². The standard InChI is InChI=1S/C14H13N3O4/c1-8-3-4-10(21-2)9(7-8)13(18)17-12-11(14(19)20)15-5-6-16-12/h3-7H,1-2H3,(H,19,20)(H,16,17,18). The van der Waals surface area contributed by atoms with Crippen LogP contribution in [0.3, 0.4) is 0 Å². The molecule has 1 aromatic carbocycles. The molecule has 0 aliphatic rings. The minimum atomic E-state index is -1.27. The third-order valence-corrected chi connectivity index (χ3v) is 2.73. The normalized spacial score (nSPS) is 10.0. The highest BCUT2D eigenvalue weighted by Gasteiger charge is 2.18. The van der Waals surface area contributed by atoms with Crippen LogP contribution >= 0.6 is 0 Å². The summed E-state index contributed by atoms with van der Waals surface area (Å²) in [4.78, 5) is 30.8. The van der Waals surface area contributed by atoms with Crippen LogP contribution in [0.4, 0.5) is 5.82 Å². The number of nitrogens with one attached hydrogen (secondary N) is 1. The summed E-state index contributed by atoms with van der Waals surface area (Å²) < 4.78 is 5.12. The summed E-state index contributed by atoms with van der Waals surface area (Å²) >= 11 is 0. The first-order valence-electron chi connectivity index (χ1n) is 6.03. The van der Waals surface area contributed by atoms with E-state index in [0.717, 1.165) is 5.56 Å². The van der Waals surface area contributed by atoms with Crippen molar-refractivity contribution in [1.29, 1.82) is 0 Å². The maximum absolute atomic E-state index is 12.3. The molecule has 0 aliphatic carbocycles. The van der Waals surface area contributed by atoms with Crippen molar-refractivity contribution in [1.82, 2.24) is 9.97 Å². The van der Waals surface area contributed by atoms with E-state index >= 15 is 0 Å². The molecule has 0 bridgehead atoms. The second-order valence-corrected chi connectivity index (χ2v) is 4.22. The lowest BCUT2D eigenvalue weighted by molar-refractivity contribution is 0.0691. The highest BCUT2D eigenvalue weighted by molar-refractivity contribution is 6.08. The van der Waals surface area contributed by atoms with Crippen LogP contribution in [-0.4, -0.2) is 34.1 Å². The van der Waals surface area contributed by atoms with E-state index in [9.17, 15) is 9.59 Å². The summed E-state index contributed by atoms with van der Waals surface area (Å²) in [5.74, 6) is -1.51. The zero-order valence-corrected chi connectivity index (χ0v) is 11.5. The fourth-order valence-corrected chi connectivity index (χ4v) is 1.76. The molecule has 0 radical (unpaired) electrons. The number of carboxylic acids is 1. The van der Waals surface area contributed by atoms with Gasteiger partial charge in [-0.05, 0) is 19.1 Å². The number of hydrogen-bond donors (Lipinski definition) is 2. The van der Waals surface area contributed by atoms with Crippen LogP contribution in [-0.2, 0) is 0 Å². The lowest BCUT2D eigenvalue weighted by atomic mass is 10.1. The Morgan fingerprint density at radius 3 is 2.62 bits per heavy atom. The maximum Gasteiger partial charge on any atom is 0.358 e. The third kappa shape index (κ3) is 3.14. The number of aryl methyl sites for hydroxylation is 1. The molecule has 0 fully saturated rings. The number of carbonyl (C=O) groups is 2. The summed E-state index contributed by atoms with van der Waals surface area (Å²) in [6.07, 6.45) is 2.54. The minimum absolute atomic E-state index is 0.112.